The minimum atomic E-state index is -1.66. The van der Waals surface area contributed by atoms with Crippen molar-refractivity contribution in [3.05, 3.63) is 0 Å². The molecule has 6 heavy (non-hydrogen) atoms. The van der Waals surface area contributed by atoms with Crippen LogP contribution in [0, 0.1) is 0 Å². The Labute approximate surface area is 64.9 Å². The average molecular weight is 432 g/mol. The van der Waals surface area contributed by atoms with E-state index in [1.165, 1.54) is 0 Å². The van der Waals surface area contributed by atoms with Crippen LogP contribution in [0.4, 0.5) is 0 Å². The molecule has 0 amide bonds. The molecule has 0 saturated heterocycles. The summed E-state index contributed by atoms with van der Waals surface area (Å²) < 4.78 is 26.8. The maximum absolute atomic E-state index is 9.22. The molecule has 0 aromatic heterocycles. The van der Waals surface area contributed by atoms with Crippen LogP contribution in [0.2, 0.25) is 0 Å². The van der Waals surface area contributed by atoms with E-state index in [1.807, 2.05) is 0 Å². The van der Waals surface area contributed by atoms with Crippen LogP contribution in [0.3, 0.4) is 0 Å². The third kappa shape index (κ3) is 17.3. The first-order valence-electron chi connectivity index (χ1n) is 0.933. The van der Waals surface area contributed by atoms with Crippen LogP contribution in [0.1, 0.15) is 0 Å². The van der Waals surface area contributed by atoms with Crippen molar-refractivity contribution in [1.29, 1.82) is 0 Å². The van der Waals surface area contributed by atoms with Crippen LogP contribution in [-0.4, -0.2) is 11.5 Å². The third-order valence-corrected chi connectivity index (χ3v) is 1.18. The first-order chi connectivity index (χ1) is 2.91. The number of hydrogen-bond acceptors (Lipinski definition) is 3. The molecule has 0 saturated carbocycles. The van der Waals surface area contributed by atoms with E-state index in [-0.39, 0.29) is 24.4 Å². The van der Waals surface area contributed by atoms with Crippen molar-refractivity contribution in [3.8, 4) is 0 Å². The molecule has 0 radical (unpaired) electrons. The molecule has 0 aliphatic heterocycles. The predicted octanol–water partition coefficient (Wildman–Crippen LogP) is -0.742. The van der Waals surface area contributed by atoms with Gasteiger partial charge in [0.25, 0.3) is 0 Å². The van der Waals surface area contributed by atoms with Crippen molar-refractivity contribution in [2.24, 2.45) is 0 Å². The molecule has 0 bridgehead atoms. The molecule has 0 aromatic rings. The summed E-state index contributed by atoms with van der Waals surface area (Å²) in [5, 5.41) is 0. The second-order valence-corrected chi connectivity index (χ2v) is 5.79. The summed E-state index contributed by atoms with van der Waals surface area (Å²) in [6.07, 6.45) is 0. The SMILES string of the molecule is [O]=[Al][Hf]=[O].[O]=[Hf]. The van der Waals surface area contributed by atoms with E-state index >= 15 is 0 Å². The minimum absolute atomic E-state index is 0.0556. The summed E-state index contributed by atoms with van der Waals surface area (Å²) in [6.45, 7) is 0. The molecular weight excluding hydrogens is 432 g/mol. The van der Waals surface area contributed by atoms with Gasteiger partial charge in [-0.25, -0.2) is 0 Å². The normalized spacial score (nSPS) is 2.50. The molecule has 0 N–H and O–H groups in total. The van der Waals surface area contributed by atoms with Crippen LogP contribution in [0.25, 0.3) is 0 Å². The Hall–Kier alpha value is 1.67. The fourth-order valence-electron chi connectivity index (χ4n) is 0. The van der Waals surface area contributed by atoms with Gasteiger partial charge in [-0.2, -0.15) is 0 Å². The summed E-state index contributed by atoms with van der Waals surface area (Å²) in [4.78, 5) is 0. The molecule has 0 aliphatic rings. The first kappa shape index (κ1) is 10.6. The van der Waals surface area contributed by atoms with Crippen LogP contribution in [0.15, 0.2) is 0 Å². The topological polar surface area (TPSA) is 51.2 Å². The summed E-state index contributed by atoms with van der Waals surface area (Å²) in [7, 11) is 0. The third-order valence-electron chi connectivity index (χ3n) is 0.0481. The molecule has 0 rings (SSSR count). The Morgan fingerprint density at radius 3 is 1.67 bits per heavy atom. The van der Waals surface area contributed by atoms with Crippen LogP contribution >= 0.6 is 0 Å². The van der Waals surface area contributed by atoms with Gasteiger partial charge in [0, 0.05) is 0 Å². The van der Waals surface area contributed by atoms with E-state index < -0.39 is 32.0 Å². The monoisotopic (exact) mass is 435 g/mol. The molecule has 0 aliphatic carbocycles. The summed E-state index contributed by atoms with van der Waals surface area (Å²) >= 11 is -2.43. The van der Waals surface area contributed by atoms with Gasteiger partial charge in [-0.15, -0.1) is 0 Å². The van der Waals surface area contributed by atoms with Crippen molar-refractivity contribution in [2.75, 3.05) is 0 Å². The zero-order valence-electron chi connectivity index (χ0n) is 2.80. The van der Waals surface area contributed by atoms with E-state index in [0.717, 1.165) is 0 Å². The number of hydrogen-bond donors (Lipinski definition) is 0. The van der Waals surface area contributed by atoms with Gasteiger partial charge in [0.15, 0.2) is 0 Å². The Morgan fingerprint density at radius 2 is 1.67 bits per heavy atom. The van der Waals surface area contributed by atoms with Crippen molar-refractivity contribution >= 4 is 11.5 Å². The molecule has 0 atom stereocenters. The Balaban J connectivity index is 0. The molecule has 0 unspecified atom stereocenters. The van der Waals surface area contributed by atoms with Gasteiger partial charge < -0.3 is 0 Å². The summed E-state index contributed by atoms with van der Waals surface area (Å²) in [5.74, 6) is 0. The Bertz CT molecular complexity index is 38.1. The molecule has 0 spiro atoms. The van der Waals surface area contributed by atoms with Crippen molar-refractivity contribution in [1.82, 2.24) is 0 Å². The average Bonchev–Trinajstić information content (AvgIpc) is 1.72. The molecule has 29 valence electrons. The fraction of sp³-hybridized carbons (Fsp3) is 0. The van der Waals surface area contributed by atoms with Gasteiger partial charge in [0.1, 0.15) is 0 Å². The Morgan fingerprint density at radius 1 is 1.50 bits per heavy atom. The maximum atomic E-state index is 9.22. The van der Waals surface area contributed by atoms with Gasteiger partial charge >= 0.3 is 65.8 Å². The van der Waals surface area contributed by atoms with Gasteiger partial charge in [-0.1, -0.05) is 0 Å². The van der Waals surface area contributed by atoms with Crippen molar-refractivity contribution in [3.63, 3.8) is 0 Å². The van der Waals surface area contributed by atoms with Crippen LogP contribution in [-0.2, 0) is 54.4 Å². The summed E-state index contributed by atoms with van der Waals surface area (Å²) in [6, 6.07) is 0. The summed E-state index contributed by atoms with van der Waals surface area (Å²) in [5.41, 5.74) is 0. The standard InChI is InChI=1S/Al.2Hf.3O. The zero-order chi connectivity index (χ0) is 5.41. The molecule has 6 heteroatoms. The van der Waals surface area contributed by atoms with E-state index in [0.29, 0.717) is 0 Å². The molecule has 0 heterocycles. The van der Waals surface area contributed by atoms with Gasteiger partial charge in [-0.3, -0.25) is 0 Å². The van der Waals surface area contributed by atoms with Crippen LogP contribution in [0.5, 0.6) is 0 Å². The first-order valence-corrected chi connectivity index (χ1v) is 11.1. The molecular formula is AlHf2O3. The van der Waals surface area contributed by atoms with E-state index in [2.05, 4.69) is 0 Å². The predicted molar refractivity (Wildman–Crippen MR) is 7.81 cm³/mol. The molecule has 0 fully saturated rings. The quantitative estimate of drug-likeness (QED) is 0.514. The van der Waals surface area contributed by atoms with Crippen molar-refractivity contribution < 1.29 is 54.4 Å². The van der Waals surface area contributed by atoms with E-state index in [4.69, 9.17) is 6.66 Å². The second kappa shape index (κ2) is 15.9. The van der Waals surface area contributed by atoms with Gasteiger partial charge in [0.2, 0.25) is 0 Å². The molecule has 0 aromatic carbocycles. The zero-order valence-corrected chi connectivity index (χ0v) is 11.1. The fourth-order valence-corrected chi connectivity index (χ4v) is 0. The second-order valence-electron chi connectivity index (χ2n) is 0.236. The Kier molecular flexibility index (Phi) is 28.2. The van der Waals surface area contributed by atoms with E-state index in [1.54, 1.807) is 0 Å². The van der Waals surface area contributed by atoms with Crippen LogP contribution < -0.4 is 0 Å². The molecule has 3 nitrogen and oxygen atoms in total. The van der Waals surface area contributed by atoms with Crippen molar-refractivity contribution in [2.45, 2.75) is 0 Å². The van der Waals surface area contributed by atoms with Gasteiger partial charge in [-0.05, 0) is 0 Å². The van der Waals surface area contributed by atoms with Gasteiger partial charge in [0.05, 0.1) is 0 Å². The number of rotatable bonds is 1. The van der Waals surface area contributed by atoms with E-state index in [9.17, 15) is 2.85 Å².